The zero-order valence-corrected chi connectivity index (χ0v) is 14.4. The van der Waals surface area contributed by atoms with E-state index in [-0.39, 0.29) is 17.3 Å². The van der Waals surface area contributed by atoms with Crippen molar-refractivity contribution >= 4 is 12.2 Å². The van der Waals surface area contributed by atoms with E-state index in [0.717, 1.165) is 30.6 Å². The van der Waals surface area contributed by atoms with Crippen molar-refractivity contribution < 1.29 is 26.3 Å². The summed E-state index contributed by atoms with van der Waals surface area (Å²) in [6.07, 6.45) is -5.10. The number of halogens is 6. The molecule has 12 heteroatoms. The van der Waals surface area contributed by atoms with Gasteiger partial charge in [0, 0.05) is 11.8 Å². The Balaban J connectivity index is 1.78. The first-order valence-electron chi connectivity index (χ1n) is 8.02. The van der Waals surface area contributed by atoms with Crippen molar-refractivity contribution in [3.8, 4) is 11.3 Å². The van der Waals surface area contributed by atoms with E-state index < -0.39 is 30.7 Å². The van der Waals surface area contributed by atoms with Gasteiger partial charge in [-0.15, -0.1) is 0 Å². The van der Waals surface area contributed by atoms with Crippen molar-refractivity contribution in [1.82, 2.24) is 19.7 Å². The van der Waals surface area contributed by atoms with Crippen molar-refractivity contribution in [3.05, 3.63) is 59.8 Å². The zero-order valence-electron chi connectivity index (χ0n) is 14.4. The maximum Gasteiger partial charge on any atom is 0.408 e. The summed E-state index contributed by atoms with van der Waals surface area (Å²) in [5.74, 6) is -0.766. The second kappa shape index (κ2) is 8.29. The molecular formula is C17H12F6N6. The summed E-state index contributed by atoms with van der Waals surface area (Å²) in [6, 6.07) is 7.40. The number of benzene rings is 1. The lowest BCUT2D eigenvalue weighted by Crippen LogP contribution is -2.18. The highest BCUT2D eigenvalue weighted by Crippen LogP contribution is 2.25. The van der Waals surface area contributed by atoms with E-state index in [2.05, 4.69) is 25.6 Å². The largest absolute Gasteiger partial charge is 0.408 e. The molecule has 2 aromatic heterocycles. The van der Waals surface area contributed by atoms with Crippen LogP contribution in [-0.2, 0) is 6.54 Å². The lowest BCUT2D eigenvalue weighted by Gasteiger charge is -2.07. The molecule has 3 aromatic rings. The van der Waals surface area contributed by atoms with Crippen LogP contribution in [-0.4, -0.2) is 32.1 Å². The summed E-state index contributed by atoms with van der Waals surface area (Å²) in [6.45, 7) is -1.26. The van der Waals surface area contributed by atoms with Crippen molar-refractivity contribution in [2.45, 2.75) is 19.1 Å². The van der Waals surface area contributed by atoms with Gasteiger partial charge >= 0.3 is 6.18 Å². The van der Waals surface area contributed by atoms with Crippen LogP contribution in [0.15, 0.2) is 47.7 Å². The van der Waals surface area contributed by atoms with Gasteiger partial charge in [-0.2, -0.15) is 23.4 Å². The van der Waals surface area contributed by atoms with E-state index in [1.807, 2.05) is 0 Å². The van der Waals surface area contributed by atoms with Gasteiger partial charge in [-0.3, -0.25) is 4.68 Å². The van der Waals surface area contributed by atoms with E-state index in [4.69, 9.17) is 0 Å². The second-order valence-electron chi connectivity index (χ2n) is 5.73. The molecule has 0 saturated heterocycles. The highest BCUT2D eigenvalue weighted by Gasteiger charge is 2.28. The minimum absolute atomic E-state index is 0.102. The fraction of sp³-hybridized carbons (Fsp3) is 0.176. The zero-order chi connectivity index (χ0) is 21.0. The number of aromatic nitrogens is 4. The minimum Gasteiger partial charge on any atom is -0.263 e. The molecule has 1 N–H and O–H groups in total. The highest BCUT2D eigenvalue weighted by atomic mass is 19.4. The molecule has 0 aliphatic carbocycles. The first kappa shape index (κ1) is 20.3. The minimum atomic E-state index is -4.42. The Labute approximate surface area is 159 Å². The fourth-order valence-electron chi connectivity index (χ4n) is 2.27. The van der Waals surface area contributed by atoms with Crippen molar-refractivity contribution in [2.24, 2.45) is 5.10 Å². The maximum atomic E-state index is 13.1. The molecule has 2 heterocycles. The molecule has 0 bridgehead atoms. The highest BCUT2D eigenvalue weighted by molar-refractivity contribution is 5.77. The van der Waals surface area contributed by atoms with Crippen LogP contribution < -0.4 is 5.43 Å². The number of rotatable bonds is 6. The molecule has 0 radical (unpaired) electrons. The maximum absolute atomic E-state index is 13.1. The van der Waals surface area contributed by atoms with Crippen LogP contribution in [0.5, 0.6) is 0 Å². The van der Waals surface area contributed by atoms with Crippen LogP contribution in [0.25, 0.3) is 11.3 Å². The van der Waals surface area contributed by atoms with Crippen molar-refractivity contribution in [1.29, 1.82) is 0 Å². The summed E-state index contributed by atoms with van der Waals surface area (Å²) < 4.78 is 76.9. The van der Waals surface area contributed by atoms with E-state index in [0.29, 0.717) is 10.2 Å². The van der Waals surface area contributed by atoms with Gasteiger partial charge in [0.25, 0.3) is 6.43 Å². The summed E-state index contributed by atoms with van der Waals surface area (Å²) in [4.78, 5) is 7.66. The fourth-order valence-corrected chi connectivity index (χ4v) is 2.27. The lowest BCUT2D eigenvalue weighted by atomic mass is 10.1. The van der Waals surface area contributed by atoms with Crippen LogP contribution in [0, 0.1) is 5.82 Å². The van der Waals surface area contributed by atoms with E-state index >= 15 is 0 Å². The Morgan fingerprint density at radius 1 is 1.10 bits per heavy atom. The van der Waals surface area contributed by atoms with Gasteiger partial charge in [0.15, 0.2) is 0 Å². The number of nitrogens with one attached hydrogen (secondary N) is 1. The molecule has 0 fully saturated rings. The van der Waals surface area contributed by atoms with Crippen molar-refractivity contribution in [2.75, 3.05) is 5.43 Å². The molecule has 0 spiro atoms. The van der Waals surface area contributed by atoms with E-state index in [1.165, 1.54) is 18.2 Å². The second-order valence-corrected chi connectivity index (χ2v) is 5.73. The Hall–Kier alpha value is -3.44. The number of hydrogen-bond acceptors (Lipinski definition) is 5. The summed E-state index contributed by atoms with van der Waals surface area (Å²) in [5.41, 5.74) is 2.36. The van der Waals surface area contributed by atoms with Crippen molar-refractivity contribution in [3.63, 3.8) is 0 Å². The van der Waals surface area contributed by atoms with Crippen LogP contribution in [0.1, 0.15) is 17.8 Å². The van der Waals surface area contributed by atoms with Gasteiger partial charge in [0.1, 0.15) is 23.7 Å². The standard InChI is InChI=1S/C17H12F6N6/c18-11-3-1-10(2-4-11)13-7-14(15(19)20)26-16(25-13)27-24-8-12-5-6-29(28-12)9-17(21,22)23/h1-8,15H,9H2,(H,25,26,27). The Bertz CT molecular complexity index is 996. The SMILES string of the molecule is Fc1ccc(-c2cc(C(F)F)nc(NN=Cc3ccn(CC(F)(F)F)n3)n2)cc1. The Kier molecular flexibility index (Phi) is 5.80. The summed E-state index contributed by atoms with van der Waals surface area (Å²) in [7, 11) is 0. The molecule has 0 aliphatic rings. The van der Waals surface area contributed by atoms with Gasteiger partial charge in [-0.25, -0.2) is 28.6 Å². The average molecular weight is 414 g/mol. The lowest BCUT2D eigenvalue weighted by molar-refractivity contribution is -0.142. The van der Waals surface area contributed by atoms with Gasteiger partial charge in [0.05, 0.1) is 11.9 Å². The first-order chi connectivity index (χ1) is 13.7. The number of nitrogens with zero attached hydrogens (tertiary/aromatic N) is 5. The van der Waals surface area contributed by atoms with Crippen LogP contribution >= 0.6 is 0 Å². The molecule has 6 nitrogen and oxygen atoms in total. The van der Waals surface area contributed by atoms with Crippen LogP contribution in [0.3, 0.4) is 0 Å². The predicted molar refractivity (Wildman–Crippen MR) is 91.9 cm³/mol. The number of alkyl halides is 5. The smallest absolute Gasteiger partial charge is 0.263 e. The Morgan fingerprint density at radius 2 is 1.83 bits per heavy atom. The number of anilines is 1. The molecule has 0 saturated carbocycles. The molecule has 1 aromatic carbocycles. The average Bonchev–Trinajstić information content (AvgIpc) is 3.07. The third-order valence-corrected chi connectivity index (χ3v) is 3.47. The molecule has 29 heavy (non-hydrogen) atoms. The Morgan fingerprint density at radius 3 is 2.48 bits per heavy atom. The molecule has 152 valence electrons. The molecule has 0 aliphatic heterocycles. The van der Waals surface area contributed by atoms with Gasteiger partial charge in [-0.05, 0) is 36.4 Å². The van der Waals surface area contributed by atoms with Gasteiger partial charge < -0.3 is 0 Å². The third kappa shape index (κ3) is 5.77. The van der Waals surface area contributed by atoms with E-state index in [1.54, 1.807) is 0 Å². The topological polar surface area (TPSA) is 68.0 Å². The molecule has 0 amide bonds. The molecule has 3 rings (SSSR count). The molecule has 0 atom stereocenters. The van der Waals surface area contributed by atoms with Crippen LogP contribution in [0.2, 0.25) is 0 Å². The normalized spacial score (nSPS) is 12.1. The third-order valence-electron chi connectivity index (χ3n) is 3.47. The van der Waals surface area contributed by atoms with Gasteiger partial charge in [-0.1, -0.05) is 0 Å². The summed E-state index contributed by atoms with van der Waals surface area (Å²) >= 11 is 0. The number of hydrazone groups is 1. The molecular weight excluding hydrogens is 402 g/mol. The van der Waals surface area contributed by atoms with Crippen LogP contribution in [0.4, 0.5) is 32.3 Å². The van der Waals surface area contributed by atoms with Gasteiger partial charge in [0.2, 0.25) is 5.95 Å². The number of hydrogen-bond donors (Lipinski definition) is 1. The molecule has 0 unspecified atom stereocenters. The monoisotopic (exact) mass is 414 g/mol. The predicted octanol–water partition coefficient (Wildman–Crippen LogP) is 4.43. The first-order valence-corrected chi connectivity index (χ1v) is 8.02. The van der Waals surface area contributed by atoms with E-state index in [9.17, 15) is 26.3 Å². The quantitative estimate of drug-likeness (QED) is 0.368. The summed E-state index contributed by atoms with van der Waals surface area (Å²) in [5, 5.41) is 7.37.